The lowest BCUT2D eigenvalue weighted by Gasteiger charge is -2.15. The summed E-state index contributed by atoms with van der Waals surface area (Å²) in [6.07, 6.45) is 7.08. The summed E-state index contributed by atoms with van der Waals surface area (Å²) in [5, 5.41) is 9.29. The van der Waals surface area contributed by atoms with E-state index in [1.165, 1.54) is 25.7 Å². The van der Waals surface area contributed by atoms with Crippen LogP contribution in [0.25, 0.3) is 0 Å². The van der Waals surface area contributed by atoms with Crippen molar-refractivity contribution in [3.63, 3.8) is 0 Å². The normalized spacial score (nSPS) is 15.4. The molecule has 0 spiro atoms. The molecule has 0 aliphatic carbocycles. The standard InChI is InChI=1S/C12H26O2/c1-4-6-7-8-9-11(3)14-10-12(13)5-2/h11-13H,4-10H2,1-3H3. The zero-order valence-corrected chi connectivity index (χ0v) is 9.96. The van der Waals surface area contributed by atoms with Gasteiger partial charge in [-0.3, -0.25) is 0 Å². The molecule has 14 heavy (non-hydrogen) atoms. The minimum absolute atomic E-state index is 0.284. The van der Waals surface area contributed by atoms with Crippen LogP contribution in [0.5, 0.6) is 0 Å². The number of hydrogen-bond acceptors (Lipinski definition) is 2. The second-order valence-electron chi connectivity index (χ2n) is 4.06. The Labute approximate surface area is 88.7 Å². The highest BCUT2D eigenvalue weighted by Crippen LogP contribution is 2.08. The number of rotatable bonds is 9. The number of aliphatic hydroxyl groups is 1. The van der Waals surface area contributed by atoms with Gasteiger partial charge in [0.05, 0.1) is 18.8 Å². The van der Waals surface area contributed by atoms with Crippen LogP contribution in [0, 0.1) is 0 Å². The minimum Gasteiger partial charge on any atom is -0.391 e. The van der Waals surface area contributed by atoms with E-state index in [2.05, 4.69) is 13.8 Å². The van der Waals surface area contributed by atoms with Crippen molar-refractivity contribution < 1.29 is 9.84 Å². The van der Waals surface area contributed by atoms with E-state index in [0.29, 0.717) is 12.7 Å². The first-order valence-corrected chi connectivity index (χ1v) is 6.00. The molecule has 0 aromatic rings. The highest BCUT2D eigenvalue weighted by atomic mass is 16.5. The van der Waals surface area contributed by atoms with Gasteiger partial charge in [-0.05, 0) is 19.8 Å². The maximum absolute atomic E-state index is 9.29. The van der Waals surface area contributed by atoms with Gasteiger partial charge in [-0.1, -0.05) is 39.5 Å². The highest BCUT2D eigenvalue weighted by Gasteiger charge is 2.05. The highest BCUT2D eigenvalue weighted by molar-refractivity contribution is 4.55. The fourth-order valence-corrected chi connectivity index (χ4v) is 1.34. The van der Waals surface area contributed by atoms with E-state index in [1.807, 2.05) is 6.92 Å². The van der Waals surface area contributed by atoms with Gasteiger partial charge in [-0.25, -0.2) is 0 Å². The fraction of sp³-hybridized carbons (Fsp3) is 1.00. The molecular weight excluding hydrogens is 176 g/mol. The molecule has 2 atom stereocenters. The average molecular weight is 202 g/mol. The van der Waals surface area contributed by atoms with Gasteiger partial charge in [-0.2, -0.15) is 0 Å². The van der Waals surface area contributed by atoms with Crippen molar-refractivity contribution in [1.82, 2.24) is 0 Å². The summed E-state index contributed by atoms with van der Waals surface area (Å²) in [4.78, 5) is 0. The molecule has 0 heterocycles. The molecule has 2 heteroatoms. The second kappa shape index (κ2) is 9.47. The van der Waals surface area contributed by atoms with Crippen molar-refractivity contribution in [1.29, 1.82) is 0 Å². The lowest BCUT2D eigenvalue weighted by Crippen LogP contribution is -2.19. The molecule has 0 rings (SSSR count). The van der Waals surface area contributed by atoms with E-state index in [0.717, 1.165) is 12.8 Å². The molecule has 2 nitrogen and oxygen atoms in total. The summed E-state index contributed by atoms with van der Waals surface area (Å²) in [5.74, 6) is 0. The molecule has 0 bridgehead atoms. The number of hydrogen-bond donors (Lipinski definition) is 1. The van der Waals surface area contributed by atoms with Gasteiger partial charge >= 0.3 is 0 Å². The van der Waals surface area contributed by atoms with Crippen molar-refractivity contribution in [2.75, 3.05) is 6.61 Å². The van der Waals surface area contributed by atoms with Gasteiger partial charge in [0.15, 0.2) is 0 Å². The molecule has 86 valence electrons. The van der Waals surface area contributed by atoms with Crippen molar-refractivity contribution >= 4 is 0 Å². The molecule has 2 unspecified atom stereocenters. The quantitative estimate of drug-likeness (QED) is 0.582. The van der Waals surface area contributed by atoms with Crippen LogP contribution < -0.4 is 0 Å². The molecule has 0 fully saturated rings. The lowest BCUT2D eigenvalue weighted by molar-refractivity contribution is -0.00660. The Bertz CT molecular complexity index is 115. The molecule has 0 aliphatic heterocycles. The summed E-state index contributed by atoms with van der Waals surface area (Å²) < 4.78 is 5.52. The molecule has 0 aromatic heterocycles. The van der Waals surface area contributed by atoms with Crippen LogP contribution in [0.2, 0.25) is 0 Å². The third-order valence-electron chi connectivity index (χ3n) is 2.51. The van der Waals surface area contributed by atoms with Gasteiger partial charge in [0.1, 0.15) is 0 Å². The summed E-state index contributed by atoms with van der Waals surface area (Å²) in [5.41, 5.74) is 0. The summed E-state index contributed by atoms with van der Waals surface area (Å²) >= 11 is 0. The predicted octanol–water partition coefficient (Wildman–Crippen LogP) is 3.13. The molecule has 0 radical (unpaired) electrons. The summed E-state index contributed by atoms with van der Waals surface area (Å²) in [6, 6.07) is 0. The Morgan fingerprint density at radius 3 is 2.43 bits per heavy atom. The SMILES string of the molecule is CCCCCCC(C)OCC(O)CC. The average Bonchev–Trinajstić information content (AvgIpc) is 2.21. The topological polar surface area (TPSA) is 29.5 Å². The van der Waals surface area contributed by atoms with Crippen LogP contribution in [0.4, 0.5) is 0 Å². The molecule has 0 amide bonds. The first kappa shape index (κ1) is 13.9. The monoisotopic (exact) mass is 202 g/mol. The second-order valence-corrected chi connectivity index (χ2v) is 4.06. The number of ether oxygens (including phenoxy) is 1. The predicted molar refractivity (Wildman–Crippen MR) is 60.5 cm³/mol. The molecule has 1 N–H and O–H groups in total. The van der Waals surface area contributed by atoms with Gasteiger partial charge in [0, 0.05) is 0 Å². The third-order valence-corrected chi connectivity index (χ3v) is 2.51. The van der Waals surface area contributed by atoms with Crippen molar-refractivity contribution in [2.24, 2.45) is 0 Å². The van der Waals surface area contributed by atoms with E-state index < -0.39 is 0 Å². The maximum Gasteiger partial charge on any atom is 0.0771 e. The first-order chi connectivity index (χ1) is 6.70. The van der Waals surface area contributed by atoms with Crippen LogP contribution in [0.3, 0.4) is 0 Å². The molecule has 0 saturated heterocycles. The fourth-order valence-electron chi connectivity index (χ4n) is 1.34. The van der Waals surface area contributed by atoms with Gasteiger partial charge in [0.25, 0.3) is 0 Å². The zero-order chi connectivity index (χ0) is 10.8. The number of aliphatic hydroxyl groups excluding tert-OH is 1. The van der Waals surface area contributed by atoms with E-state index in [9.17, 15) is 5.11 Å². The Morgan fingerprint density at radius 2 is 1.86 bits per heavy atom. The number of unbranched alkanes of at least 4 members (excludes halogenated alkanes) is 3. The third kappa shape index (κ3) is 8.52. The summed E-state index contributed by atoms with van der Waals surface area (Å²) in [7, 11) is 0. The molecular formula is C12H26O2. The largest absolute Gasteiger partial charge is 0.391 e. The van der Waals surface area contributed by atoms with Crippen molar-refractivity contribution in [2.45, 2.75) is 71.5 Å². The van der Waals surface area contributed by atoms with E-state index in [1.54, 1.807) is 0 Å². The minimum atomic E-state index is -0.284. The lowest BCUT2D eigenvalue weighted by atomic mass is 10.1. The Morgan fingerprint density at radius 1 is 1.14 bits per heavy atom. The Balaban J connectivity index is 3.23. The van der Waals surface area contributed by atoms with E-state index >= 15 is 0 Å². The van der Waals surface area contributed by atoms with Gasteiger partial charge in [-0.15, -0.1) is 0 Å². The van der Waals surface area contributed by atoms with Crippen LogP contribution in [-0.4, -0.2) is 23.9 Å². The van der Waals surface area contributed by atoms with Crippen LogP contribution in [0.1, 0.15) is 59.3 Å². The van der Waals surface area contributed by atoms with Crippen molar-refractivity contribution in [3.8, 4) is 0 Å². The van der Waals surface area contributed by atoms with Crippen LogP contribution in [-0.2, 0) is 4.74 Å². The molecule has 0 saturated carbocycles. The molecule has 0 aliphatic rings. The van der Waals surface area contributed by atoms with E-state index in [-0.39, 0.29) is 6.10 Å². The molecule has 0 aromatic carbocycles. The Kier molecular flexibility index (Phi) is 9.42. The van der Waals surface area contributed by atoms with Crippen LogP contribution >= 0.6 is 0 Å². The van der Waals surface area contributed by atoms with Crippen molar-refractivity contribution in [3.05, 3.63) is 0 Å². The van der Waals surface area contributed by atoms with Gasteiger partial charge < -0.3 is 9.84 Å². The first-order valence-electron chi connectivity index (χ1n) is 6.00. The van der Waals surface area contributed by atoms with E-state index in [4.69, 9.17) is 4.74 Å². The van der Waals surface area contributed by atoms with Gasteiger partial charge in [0.2, 0.25) is 0 Å². The van der Waals surface area contributed by atoms with Crippen LogP contribution in [0.15, 0.2) is 0 Å². The Hall–Kier alpha value is -0.0800. The smallest absolute Gasteiger partial charge is 0.0771 e. The maximum atomic E-state index is 9.29. The summed E-state index contributed by atoms with van der Waals surface area (Å²) in [6.45, 7) is 6.78. The zero-order valence-electron chi connectivity index (χ0n) is 9.96.